The van der Waals surface area contributed by atoms with Crippen LogP contribution in [0.3, 0.4) is 0 Å². The van der Waals surface area contributed by atoms with Crippen LogP contribution in [0.2, 0.25) is 0 Å². The second-order valence-corrected chi connectivity index (χ2v) is 9.07. The average molecular weight is 572 g/mol. The number of hydrogen-bond acceptors (Lipinski definition) is 4. The van der Waals surface area contributed by atoms with Crippen LogP contribution in [0.25, 0.3) is 0 Å². The molecule has 0 aromatic heterocycles. The highest BCUT2D eigenvalue weighted by Gasteiger charge is 2.42. The molecule has 1 aliphatic carbocycles. The molecule has 2 amide bonds. The van der Waals surface area contributed by atoms with E-state index in [2.05, 4.69) is 39.9 Å². The molecule has 0 bridgehead atoms. The van der Waals surface area contributed by atoms with Crippen molar-refractivity contribution in [2.45, 2.75) is 45.1 Å². The third kappa shape index (κ3) is 8.68. The summed E-state index contributed by atoms with van der Waals surface area (Å²) >= 11 is 0. The Morgan fingerprint density at radius 1 is 1.18 bits per heavy atom. The van der Waals surface area contributed by atoms with Crippen LogP contribution in [0.4, 0.5) is 4.79 Å². The maximum absolute atomic E-state index is 12.1. The van der Waals surface area contributed by atoms with Crippen molar-refractivity contribution in [3.63, 3.8) is 0 Å². The van der Waals surface area contributed by atoms with Gasteiger partial charge in [-0.05, 0) is 50.0 Å². The van der Waals surface area contributed by atoms with Crippen molar-refractivity contribution in [2.24, 2.45) is 10.4 Å². The summed E-state index contributed by atoms with van der Waals surface area (Å²) in [5.41, 5.74) is 1.61. The molecule has 1 saturated carbocycles. The quantitative estimate of drug-likeness (QED) is 0.285. The van der Waals surface area contributed by atoms with Gasteiger partial charge in [0.15, 0.2) is 5.96 Å². The molecule has 184 valence electrons. The van der Waals surface area contributed by atoms with E-state index in [1.54, 1.807) is 23.9 Å². The Balaban J connectivity index is 0.00000385. The smallest absolute Gasteiger partial charge is 0.409 e. The van der Waals surface area contributed by atoms with Gasteiger partial charge in [-0.25, -0.2) is 9.79 Å². The van der Waals surface area contributed by atoms with Gasteiger partial charge in [-0.2, -0.15) is 0 Å². The Morgan fingerprint density at radius 3 is 2.42 bits per heavy atom. The number of aliphatic imine (C=N–C) groups is 1. The molecule has 9 heteroatoms. The van der Waals surface area contributed by atoms with E-state index < -0.39 is 0 Å². The van der Waals surface area contributed by atoms with Crippen molar-refractivity contribution in [3.05, 3.63) is 35.9 Å². The van der Waals surface area contributed by atoms with Gasteiger partial charge in [0.05, 0.1) is 6.61 Å². The number of halogens is 1. The zero-order valence-corrected chi connectivity index (χ0v) is 22.3. The van der Waals surface area contributed by atoms with E-state index in [9.17, 15) is 9.59 Å². The second kappa shape index (κ2) is 13.0. The Bertz CT molecular complexity index is 791. The van der Waals surface area contributed by atoms with Crippen LogP contribution in [0.5, 0.6) is 0 Å². The van der Waals surface area contributed by atoms with Gasteiger partial charge in [0, 0.05) is 39.8 Å². The fourth-order valence-electron chi connectivity index (χ4n) is 3.95. The lowest BCUT2D eigenvalue weighted by molar-refractivity contribution is -0.127. The number of guanidine groups is 1. The zero-order valence-electron chi connectivity index (χ0n) is 20.0. The number of likely N-dealkylation sites (N-methyl/N-ethyl adjacent to an activating group) is 1. The predicted molar refractivity (Wildman–Crippen MR) is 141 cm³/mol. The number of rotatable bonds is 8. The van der Waals surface area contributed by atoms with Crippen molar-refractivity contribution < 1.29 is 14.3 Å². The Labute approximate surface area is 214 Å². The SMILES string of the molecule is CCOC(=O)N1CCC(NC(=NCC(=O)N(C)C)NCC2(Cc3ccccc3)CC2)CC1.I. The number of likely N-dealkylation sites (tertiary alicyclic amines) is 1. The molecule has 1 heterocycles. The number of benzene rings is 1. The summed E-state index contributed by atoms with van der Waals surface area (Å²) in [5, 5.41) is 7.00. The molecule has 2 fully saturated rings. The van der Waals surface area contributed by atoms with Crippen LogP contribution in [0.15, 0.2) is 35.3 Å². The molecular weight excluding hydrogens is 533 g/mol. The van der Waals surface area contributed by atoms with Crippen LogP contribution in [-0.2, 0) is 16.0 Å². The number of ether oxygens (including phenoxy) is 1. The van der Waals surface area contributed by atoms with Crippen LogP contribution in [0.1, 0.15) is 38.2 Å². The Kier molecular flexibility index (Phi) is 10.7. The predicted octanol–water partition coefficient (Wildman–Crippen LogP) is 2.87. The first-order valence-electron chi connectivity index (χ1n) is 11.6. The molecule has 1 aromatic rings. The molecule has 1 aliphatic heterocycles. The standard InChI is InChI=1S/C24H37N5O3.HI/c1-4-32-23(31)29-14-10-20(11-15-29)27-22(25-17-21(30)28(2)3)26-18-24(12-13-24)16-19-8-6-5-7-9-19;/h5-9,20H,4,10-18H2,1-3H3,(H2,25,26,27);1H. The van der Waals surface area contributed by atoms with E-state index in [1.165, 1.54) is 18.4 Å². The molecule has 3 rings (SSSR count). The number of nitrogens with one attached hydrogen (secondary N) is 2. The van der Waals surface area contributed by atoms with Gasteiger partial charge in [-0.3, -0.25) is 4.79 Å². The molecule has 1 aromatic carbocycles. The highest BCUT2D eigenvalue weighted by Crippen LogP contribution is 2.47. The number of nitrogens with zero attached hydrogens (tertiary/aromatic N) is 3. The lowest BCUT2D eigenvalue weighted by Crippen LogP contribution is -2.51. The fraction of sp³-hybridized carbons (Fsp3) is 0.625. The minimum Gasteiger partial charge on any atom is -0.450 e. The topological polar surface area (TPSA) is 86.3 Å². The molecule has 0 radical (unpaired) electrons. The van der Waals surface area contributed by atoms with Gasteiger partial charge in [0.25, 0.3) is 0 Å². The van der Waals surface area contributed by atoms with Crippen molar-refractivity contribution in [3.8, 4) is 0 Å². The van der Waals surface area contributed by atoms with Gasteiger partial charge >= 0.3 is 6.09 Å². The third-order valence-electron chi connectivity index (χ3n) is 6.24. The van der Waals surface area contributed by atoms with Crippen LogP contribution >= 0.6 is 24.0 Å². The van der Waals surface area contributed by atoms with E-state index in [-0.39, 0.29) is 54.0 Å². The summed E-state index contributed by atoms with van der Waals surface area (Å²) in [5.74, 6) is 0.641. The first kappa shape index (κ1) is 27.2. The first-order valence-corrected chi connectivity index (χ1v) is 11.6. The molecule has 0 atom stereocenters. The number of carbonyl (C=O) groups excluding carboxylic acids is 2. The number of hydrogen-bond donors (Lipinski definition) is 2. The largest absolute Gasteiger partial charge is 0.450 e. The van der Waals surface area contributed by atoms with Gasteiger partial charge < -0.3 is 25.2 Å². The summed E-state index contributed by atoms with van der Waals surface area (Å²) in [6, 6.07) is 10.8. The molecule has 2 aliphatic rings. The lowest BCUT2D eigenvalue weighted by Gasteiger charge is -2.32. The van der Waals surface area contributed by atoms with E-state index in [1.807, 2.05) is 13.0 Å². The normalized spacial score (nSPS) is 17.5. The maximum atomic E-state index is 12.1. The number of carbonyl (C=O) groups is 2. The molecule has 2 N–H and O–H groups in total. The minimum absolute atomic E-state index is 0. The Morgan fingerprint density at radius 2 is 1.85 bits per heavy atom. The number of piperidine rings is 1. The van der Waals surface area contributed by atoms with Crippen LogP contribution in [-0.4, -0.2) is 80.7 Å². The van der Waals surface area contributed by atoms with E-state index >= 15 is 0 Å². The molecular formula is C24H38IN5O3. The van der Waals surface area contributed by atoms with E-state index in [4.69, 9.17) is 4.74 Å². The molecule has 8 nitrogen and oxygen atoms in total. The maximum Gasteiger partial charge on any atom is 0.409 e. The third-order valence-corrected chi connectivity index (χ3v) is 6.24. The van der Waals surface area contributed by atoms with E-state index in [0.29, 0.717) is 25.7 Å². The molecule has 0 unspecified atom stereocenters. The Hall–Kier alpha value is -2.04. The fourth-order valence-corrected chi connectivity index (χ4v) is 3.95. The van der Waals surface area contributed by atoms with Crippen LogP contribution < -0.4 is 10.6 Å². The minimum atomic E-state index is -0.244. The summed E-state index contributed by atoms with van der Waals surface area (Å²) in [6.45, 7) is 4.44. The van der Waals surface area contributed by atoms with Crippen molar-refractivity contribution in [2.75, 3.05) is 46.9 Å². The lowest BCUT2D eigenvalue weighted by atomic mass is 9.96. The monoisotopic (exact) mass is 571 g/mol. The average Bonchev–Trinajstić information content (AvgIpc) is 3.56. The van der Waals surface area contributed by atoms with Gasteiger partial charge in [0.1, 0.15) is 6.54 Å². The van der Waals surface area contributed by atoms with Crippen molar-refractivity contribution in [1.82, 2.24) is 20.4 Å². The van der Waals surface area contributed by atoms with Crippen LogP contribution in [0, 0.1) is 5.41 Å². The second-order valence-electron chi connectivity index (χ2n) is 9.07. The first-order chi connectivity index (χ1) is 15.4. The zero-order chi connectivity index (χ0) is 23.0. The number of amides is 2. The van der Waals surface area contributed by atoms with Gasteiger partial charge in [-0.1, -0.05) is 30.3 Å². The summed E-state index contributed by atoms with van der Waals surface area (Å²) < 4.78 is 5.11. The molecule has 1 saturated heterocycles. The summed E-state index contributed by atoms with van der Waals surface area (Å²) in [7, 11) is 3.48. The summed E-state index contributed by atoms with van der Waals surface area (Å²) in [6.07, 6.45) is 4.81. The van der Waals surface area contributed by atoms with Crippen molar-refractivity contribution >= 4 is 41.9 Å². The van der Waals surface area contributed by atoms with Crippen molar-refractivity contribution in [1.29, 1.82) is 0 Å². The molecule has 0 spiro atoms. The highest BCUT2D eigenvalue weighted by atomic mass is 127. The van der Waals surface area contributed by atoms with Gasteiger partial charge in [0.2, 0.25) is 5.91 Å². The van der Waals surface area contributed by atoms with Gasteiger partial charge in [-0.15, -0.1) is 24.0 Å². The molecule has 33 heavy (non-hydrogen) atoms. The summed E-state index contributed by atoms with van der Waals surface area (Å²) in [4.78, 5) is 31.9. The van der Waals surface area contributed by atoms with E-state index in [0.717, 1.165) is 25.8 Å². The highest BCUT2D eigenvalue weighted by molar-refractivity contribution is 14.0.